The van der Waals surface area contributed by atoms with Gasteiger partial charge in [0.25, 0.3) is 0 Å². The van der Waals surface area contributed by atoms with Crippen molar-refractivity contribution >= 4 is 38.9 Å². The van der Waals surface area contributed by atoms with Crippen LogP contribution < -0.4 is 4.90 Å². The molecule has 4 aliphatic carbocycles. The number of para-hydroxylation sites is 3. The summed E-state index contributed by atoms with van der Waals surface area (Å²) in [5.74, 6) is 0. The zero-order chi connectivity index (χ0) is 43.3. The highest BCUT2D eigenvalue weighted by atomic mass is 15.1. The lowest BCUT2D eigenvalue weighted by atomic mass is 9.66. The molecule has 0 amide bonds. The number of hydrogen-bond donors (Lipinski definition) is 0. The Morgan fingerprint density at radius 1 is 0.400 bits per heavy atom. The highest BCUT2D eigenvalue weighted by Gasteiger charge is 2.53. The summed E-state index contributed by atoms with van der Waals surface area (Å²) in [6, 6.07) is 70.0. The monoisotopic (exact) mass is 840 g/mol. The van der Waals surface area contributed by atoms with Gasteiger partial charge in [-0.05, 0) is 135 Å². The fraction of sp³-hybridized carbons (Fsp3) is 0.238. The third-order valence-electron chi connectivity index (χ3n) is 16.7. The molecular weight excluding hydrogens is 785 g/mol. The molecule has 2 fully saturated rings. The van der Waals surface area contributed by atoms with Crippen LogP contribution in [0.15, 0.2) is 182 Å². The minimum absolute atomic E-state index is 0.179. The molecule has 2 heteroatoms. The fourth-order valence-electron chi connectivity index (χ4n) is 13.4. The van der Waals surface area contributed by atoms with Gasteiger partial charge < -0.3 is 9.47 Å². The number of nitrogens with zero attached hydrogens (tertiary/aromatic N) is 2. The Morgan fingerprint density at radius 3 is 1.55 bits per heavy atom. The smallest absolute Gasteiger partial charge is 0.0726 e. The van der Waals surface area contributed by atoms with E-state index in [-0.39, 0.29) is 10.8 Å². The van der Waals surface area contributed by atoms with E-state index in [9.17, 15) is 0 Å². The van der Waals surface area contributed by atoms with Gasteiger partial charge in [-0.2, -0.15) is 0 Å². The largest absolute Gasteiger partial charge is 0.310 e. The van der Waals surface area contributed by atoms with Gasteiger partial charge in [0.05, 0.1) is 22.1 Å². The number of rotatable bonds is 6. The van der Waals surface area contributed by atoms with E-state index < -0.39 is 5.41 Å². The molecule has 0 bridgehead atoms. The van der Waals surface area contributed by atoms with E-state index in [1.165, 1.54) is 147 Å². The summed E-state index contributed by atoms with van der Waals surface area (Å²) in [5.41, 5.74) is 21.2. The van der Waals surface area contributed by atoms with Crippen molar-refractivity contribution in [2.24, 2.45) is 0 Å². The Bertz CT molecular complexity index is 3190. The van der Waals surface area contributed by atoms with E-state index in [2.05, 4.69) is 205 Å². The molecule has 2 saturated carbocycles. The highest BCUT2D eigenvalue weighted by Crippen LogP contribution is 2.66. The second-order valence-electron chi connectivity index (χ2n) is 20.3. The zero-order valence-corrected chi connectivity index (χ0v) is 37.8. The van der Waals surface area contributed by atoms with Crippen molar-refractivity contribution in [1.29, 1.82) is 0 Å². The average molecular weight is 841 g/mol. The van der Waals surface area contributed by atoms with Crippen LogP contribution in [0.2, 0.25) is 0 Å². The van der Waals surface area contributed by atoms with E-state index in [1.54, 1.807) is 0 Å². The van der Waals surface area contributed by atoms with Gasteiger partial charge in [-0.25, -0.2) is 0 Å². The van der Waals surface area contributed by atoms with Crippen LogP contribution >= 0.6 is 0 Å². The summed E-state index contributed by atoms with van der Waals surface area (Å²) in [6.07, 6.45) is 13.0. The van der Waals surface area contributed by atoms with Gasteiger partial charge in [0.2, 0.25) is 0 Å². The van der Waals surface area contributed by atoms with Gasteiger partial charge >= 0.3 is 0 Å². The SMILES string of the molecule is CC1(c2ccc3c(c2)C2(c4cc(C5(C)CCCCC5)ccc4-3)c3ccccc3-c3c(N(c4ccccc4)c4cccc(-n5c6ccccc6c6ccccc65)c4)cccc32)CCCCC1. The molecular formula is C63H56N2. The summed E-state index contributed by atoms with van der Waals surface area (Å²) < 4.78 is 2.44. The molecule has 0 unspecified atom stereocenters. The standard InChI is InChI=1S/C63H56N2/c1-61(36-14-4-15-37-61)43-32-34-48-49-35-33-44(62(2)38-16-5-17-39-62)41-56(49)63(55(48)40-43)53-27-11-8-26-52(53)60-54(63)28-19-31-59(60)64(45-20-6-3-7-21-45)46-22-18-23-47(42-46)65-57-29-12-9-24-50(57)51-25-10-13-30-58(51)65/h3,6-13,18-35,40-42H,4-5,14-17,36-39H2,1-2H3. The predicted molar refractivity (Wildman–Crippen MR) is 273 cm³/mol. The number of benzene rings is 8. The van der Waals surface area contributed by atoms with Gasteiger partial charge in [0.1, 0.15) is 0 Å². The topological polar surface area (TPSA) is 8.17 Å². The maximum absolute atomic E-state index is 2.69. The van der Waals surface area contributed by atoms with Crippen molar-refractivity contribution in [1.82, 2.24) is 4.57 Å². The Labute approximate surface area is 384 Å². The molecule has 13 rings (SSSR count). The summed E-state index contributed by atoms with van der Waals surface area (Å²) in [7, 11) is 0. The molecule has 2 nitrogen and oxygen atoms in total. The lowest BCUT2D eigenvalue weighted by Crippen LogP contribution is -2.30. The van der Waals surface area contributed by atoms with Crippen molar-refractivity contribution in [2.75, 3.05) is 4.90 Å². The lowest BCUT2D eigenvalue weighted by Gasteiger charge is -2.37. The first-order valence-electron chi connectivity index (χ1n) is 24.4. The van der Waals surface area contributed by atoms with Crippen molar-refractivity contribution < 1.29 is 0 Å². The first-order valence-corrected chi connectivity index (χ1v) is 24.4. The van der Waals surface area contributed by atoms with Crippen LogP contribution in [-0.2, 0) is 16.2 Å². The summed E-state index contributed by atoms with van der Waals surface area (Å²) in [6.45, 7) is 5.09. The van der Waals surface area contributed by atoms with Gasteiger partial charge in [0, 0.05) is 33.4 Å². The fourth-order valence-corrected chi connectivity index (χ4v) is 13.4. The third kappa shape index (κ3) is 5.65. The number of anilines is 3. The number of hydrogen-bond acceptors (Lipinski definition) is 1. The van der Waals surface area contributed by atoms with Gasteiger partial charge in [-0.1, -0.05) is 186 Å². The lowest BCUT2D eigenvalue weighted by molar-refractivity contribution is 0.319. The molecule has 9 aromatic rings. The maximum Gasteiger partial charge on any atom is 0.0726 e. The Kier molecular flexibility index (Phi) is 8.77. The maximum atomic E-state index is 2.69. The van der Waals surface area contributed by atoms with E-state index in [1.807, 2.05) is 0 Å². The molecule has 0 saturated heterocycles. The van der Waals surface area contributed by atoms with E-state index >= 15 is 0 Å². The Morgan fingerprint density at radius 2 is 0.923 bits per heavy atom. The molecule has 0 aliphatic heterocycles. The second-order valence-corrected chi connectivity index (χ2v) is 20.3. The van der Waals surface area contributed by atoms with E-state index in [0.29, 0.717) is 0 Å². The third-order valence-corrected chi connectivity index (χ3v) is 16.7. The Balaban J connectivity index is 1.07. The van der Waals surface area contributed by atoms with Crippen molar-refractivity contribution in [3.8, 4) is 27.9 Å². The summed E-state index contributed by atoms with van der Waals surface area (Å²) >= 11 is 0. The van der Waals surface area contributed by atoms with Crippen LogP contribution in [0.25, 0.3) is 49.7 Å². The molecule has 8 aromatic carbocycles. The minimum Gasteiger partial charge on any atom is -0.310 e. The molecule has 65 heavy (non-hydrogen) atoms. The summed E-state index contributed by atoms with van der Waals surface area (Å²) in [4.78, 5) is 2.53. The first kappa shape index (κ1) is 38.8. The van der Waals surface area contributed by atoms with Crippen LogP contribution in [0.3, 0.4) is 0 Å². The van der Waals surface area contributed by atoms with Crippen LogP contribution in [0.1, 0.15) is 111 Å². The minimum atomic E-state index is -0.456. The normalized spacial score (nSPS) is 17.4. The number of aromatic nitrogens is 1. The quantitative estimate of drug-likeness (QED) is 0.162. The van der Waals surface area contributed by atoms with Crippen LogP contribution in [0, 0.1) is 0 Å². The first-order chi connectivity index (χ1) is 32.0. The second kappa shape index (κ2) is 14.7. The summed E-state index contributed by atoms with van der Waals surface area (Å²) in [5, 5.41) is 2.55. The van der Waals surface area contributed by atoms with Crippen LogP contribution in [0.4, 0.5) is 17.1 Å². The van der Waals surface area contributed by atoms with Gasteiger partial charge in [0.15, 0.2) is 0 Å². The number of fused-ring (bicyclic) bond motifs is 13. The molecule has 0 atom stereocenters. The van der Waals surface area contributed by atoms with Crippen molar-refractivity contribution in [2.45, 2.75) is 94.3 Å². The molecule has 1 aromatic heterocycles. The van der Waals surface area contributed by atoms with Crippen LogP contribution in [-0.4, -0.2) is 4.57 Å². The average Bonchev–Trinajstić information content (AvgIpc) is 3.97. The molecule has 1 heterocycles. The molecule has 0 N–H and O–H groups in total. The van der Waals surface area contributed by atoms with Crippen LogP contribution in [0.5, 0.6) is 0 Å². The van der Waals surface area contributed by atoms with Crippen molar-refractivity contribution in [3.05, 3.63) is 215 Å². The Hall–Kier alpha value is -6.64. The zero-order valence-electron chi connectivity index (χ0n) is 37.8. The van der Waals surface area contributed by atoms with E-state index in [4.69, 9.17) is 0 Å². The van der Waals surface area contributed by atoms with Gasteiger partial charge in [-0.3, -0.25) is 0 Å². The van der Waals surface area contributed by atoms with E-state index in [0.717, 1.165) is 17.1 Å². The molecule has 318 valence electrons. The molecule has 4 aliphatic rings. The molecule has 1 spiro atoms. The molecule has 0 radical (unpaired) electrons. The highest BCUT2D eigenvalue weighted by molar-refractivity contribution is 6.09. The van der Waals surface area contributed by atoms with Gasteiger partial charge in [-0.15, -0.1) is 0 Å². The predicted octanol–water partition coefficient (Wildman–Crippen LogP) is 17.0. The van der Waals surface area contributed by atoms with Crippen molar-refractivity contribution in [3.63, 3.8) is 0 Å².